The Morgan fingerprint density at radius 2 is 1.79 bits per heavy atom. The van der Waals surface area contributed by atoms with E-state index in [1.54, 1.807) is 40.4 Å². The number of benzene rings is 2. The van der Waals surface area contributed by atoms with Crippen LogP contribution in [0.25, 0.3) is 11.0 Å². The van der Waals surface area contributed by atoms with Crippen molar-refractivity contribution >= 4 is 22.7 Å². The Hall–Kier alpha value is -3.24. The van der Waals surface area contributed by atoms with Crippen molar-refractivity contribution < 1.29 is 27.9 Å². The number of likely N-dealkylation sites (N-methyl/N-ethyl adjacent to an activating group) is 1. The van der Waals surface area contributed by atoms with E-state index in [0.717, 1.165) is 12.1 Å². The van der Waals surface area contributed by atoms with Crippen molar-refractivity contribution in [3.8, 4) is 0 Å². The van der Waals surface area contributed by atoms with Gasteiger partial charge in [0.2, 0.25) is 5.62 Å². The number of aliphatic hydroxyl groups is 1. The van der Waals surface area contributed by atoms with Crippen LogP contribution in [-0.4, -0.2) is 51.0 Å². The van der Waals surface area contributed by atoms with Crippen LogP contribution >= 0.6 is 0 Å². The monoisotopic (exact) mass is 474 g/mol. The maximum absolute atomic E-state index is 13.5. The fraction of sp³-hybridized carbons (Fsp3) is 0.375. The molecule has 7 nitrogen and oxygen atoms in total. The van der Waals surface area contributed by atoms with Gasteiger partial charge in [0.25, 0.3) is 5.91 Å². The molecule has 1 unspecified atom stereocenters. The number of alkyl halides is 3. The number of carbonyl (C=O) groups excluding carboxylic acids is 2. The van der Waals surface area contributed by atoms with Crippen LogP contribution in [-0.2, 0) is 17.5 Å². The molecule has 1 saturated heterocycles. The van der Waals surface area contributed by atoms with E-state index in [9.17, 15) is 27.9 Å². The molecule has 0 bridgehead atoms. The lowest BCUT2D eigenvalue weighted by Crippen LogP contribution is -2.45. The number of ketones is 1. The Bertz CT molecular complexity index is 1290. The summed E-state index contributed by atoms with van der Waals surface area (Å²) in [5.74, 6) is -1.12. The molecule has 0 aliphatic carbocycles. The van der Waals surface area contributed by atoms with Gasteiger partial charge >= 0.3 is 6.18 Å². The second kappa shape index (κ2) is 9.55. The fourth-order valence-corrected chi connectivity index (χ4v) is 4.46. The average molecular weight is 474 g/mol. The number of fused-ring (bicyclic) bond motifs is 1. The second-order valence-electron chi connectivity index (χ2n) is 8.27. The highest BCUT2D eigenvalue weighted by Gasteiger charge is 2.35. The number of halogens is 3. The van der Waals surface area contributed by atoms with Crippen LogP contribution in [0.2, 0.25) is 0 Å². The van der Waals surface area contributed by atoms with Gasteiger partial charge in [-0.25, -0.2) is 0 Å². The zero-order chi connectivity index (χ0) is 24.5. The molecule has 34 heavy (non-hydrogen) atoms. The first-order valence-electron chi connectivity index (χ1n) is 11.0. The van der Waals surface area contributed by atoms with Crippen molar-refractivity contribution in [3.05, 3.63) is 65.3 Å². The Morgan fingerprint density at radius 1 is 1.12 bits per heavy atom. The number of aromatic nitrogens is 2. The first-order chi connectivity index (χ1) is 16.2. The molecule has 3 aromatic rings. The lowest BCUT2D eigenvalue weighted by molar-refractivity contribution is -0.138. The minimum atomic E-state index is -4.72. The number of piperidine rings is 1. The molecular formula is C24H25F3N4O3. The third-order valence-electron chi connectivity index (χ3n) is 5.98. The molecule has 180 valence electrons. The topological polar surface area (TPSA) is 79.8 Å². The molecule has 1 aromatic heterocycles. The van der Waals surface area contributed by atoms with E-state index < -0.39 is 29.4 Å². The predicted molar refractivity (Wildman–Crippen MR) is 119 cm³/mol. The van der Waals surface area contributed by atoms with Crippen LogP contribution < -0.4 is 5.62 Å². The number of aliphatic hydroxyl groups excluding tert-OH is 1. The van der Waals surface area contributed by atoms with Gasteiger partial charge in [-0.15, -0.1) is 0 Å². The summed E-state index contributed by atoms with van der Waals surface area (Å²) in [6.07, 6.45) is -4.09. The number of amides is 1. The molecule has 1 aliphatic rings. The van der Waals surface area contributed by atoms with Gasteiger partial charge in [-0.3, -0.25) is 19.1 Å². The maximum Gasteiger partial charge on any atom is 0.417 e. The van der Waals surface area contributed by atoms with E-state index in [1.807, 2.05) is 4.90 Å². The van der Waals surface area contributed by atoms with E-state index in [4.69, 9.17) is 0 Å². The molecule has 0 saturated carbocycles. The van der Waals surface area contributed by atoms with Crippen molar-refractivity contribution in [1.29, 1.82) is 0 Å². The normalized spacial score (nSPS) is 18.1. The van der Waals surface area contributed by atoms with E-state index in [0.29, 0.717) is 36.8 Å². The van der Waals surface area contributed by atoms with E-state index in [1.165, 1.54) is 12.1 Å². The van der Waals surface area contributed by atoms with E-state index in [-0.39, 0.29) is 24.6 Å². The van der Waals surface area contributed by atoms with Crippen LogP contribution in [0.5, 0.6) is 0 Å². The number of carbonyl (C=O) groups is 2. The molecule has 1 atom stereocenters. The largest absolute Gasteiger partial charge is 0.417 e. The summed E-state index contributed by atoms with van der Waals surface area (Å²) in [4.78, 5) is 32.1. The number of hydrogen-bond donors (Lipinski definition) is 1. The number of hydrogen-bond acceptors (Lipinski definition) is 4. The molecule has 1 amide bonds. The SMILES string of the molecule is CN1CCCC(=O)C1n1c(=NC(=O)c2ccccc2C(F)(F)F)n(CCCO)c2ccccc21. The minimum Gasteiger partial charge on any atom is -0.396 e. The zero-order valence-electron chi connectivity index (χ0n) is 18.6. The summed E-state index contributed by atoms with van der Waals surface area (Å²) in [7, 11) is 1.79. The second-order valence-corrected chi connectivity index (χ2v) is 8.27. The zero-order valence-corrected chi connectivity index (χ0v) is 18.6. The highest BCUT2D eigenvalue weighted by molar-refractivity contribution is 5.96. The van der Waals surface area contributed by atoms with Crippen molar-refractivity contribution in [2.75, 3.05) is 20.2 Å². The molecule has 2 aromatic carbocycles. The Labute approximate surface area is 193 Å². The Kier molecular flexibility index (Phi) is 6.72. The van der Waals surface area contributed by atoms with Crippen molar-refractivity contribution in [1.82, 2.24) is 14.0 Å². The summed E-state index contributed by atoms with van der Waals surface area (Å²) in [5.41, 5.74) is -0.270. The smallest absolute Gasteiger partial charge is 0.396 e. The number of para-hydroxylation sites is 2. The number of imidazole rings is 1. The quantitative estimate of drug-likeness (QED) is 0.615. The molecule has 0 radical (unpaired) electrons. The van der Waals surface area contributed by atoms with E-state index in [2.05, 4.69) is 4.99 Å². The first-order valence-corrected chi connectivity index (χ1v) is 11.0. The van der Waals surface area contributed by atoms with Crippen LogP contribution in [0, 0.1) is 0 Å². The molecule has 1 aliphatic heterocycles. The highest BCUT2D eigenvalue weighted by Crippen LogP contribution is 2.32. The van der Waals surface area contributed by atoms with Gasteiger partial charge in [-0.2, -0.15) is 18.2 Å². The predicted octanol–water partition coefficient (Wildman–Crippen LogP) is 3.38. The molecule has 1 N–H and O–H groups in total. The van der Waals surface area contributed by atoms with E-state index >= 15 is 0 Å². The Morgan fingerprint density at radius 3 is 2.47 bits per heavy atom. The molecular weight excluding hydrogens is 449 g/mol. The standard InChI is InChI=1S/C24H25F3N4O3/c1-29-13-6-12-20(33)22(29)31-19-11-5-4-10-18(19)30(14-7-15-32)23(31)28-21(34)16-8-2-3-9-17(16)24(25,26)27/h2-5,8-11,22,32H,6-7,12-15H2,1H3. The van der Waals surface area contributed by atoms with Crippen LogP contribution in [0.1, 0.15) is 41.3 Å². The van der Waals surface area contributed by atoms with Gasteiger partial charge in [0.1, 0.15) is 6.17 Å². The molecule has 1 fully saturated rings. The lowest BCUT2D eigenvalue weighted by Gasteiger charge is -2.32. The van der Waals surface area contributed by atoms with Gasteiger partial charge in [-0.05, 0) is 44.2 Å². The fourth-order valence-electron chi connectivity index (χ4n) is 4.46. The number of aryl methyl sites for hydroxylation is 1. The summed E-state index contributed by atoms with van der Waals surface area (Å²) < 4.78 is 44.0. The number of rotatable bonds is 5. The van der Waals surface area contributed by atoms with Gasteiger partial charge in [-0.1, -0.05) is 24.3 Å². The average Bonchev–Trinajstić information content (AvgIpc) is 3.10. The third kappa shape index (κ3) is 4.43. The molecule has 10 heteroatoms. The lowest BCUT2D eigenvalue weighted by atomic mass is 10.1. The minimum absolute atomic E-state index is 0.0663. The summed E-state index contributed by atoms with van der Waals surface area (Å²) in [6.45, 7) is 0.782. The van der Waals surface area contributed by atoms with Gasteiger partial charge < -0.3 is 9.67 Å². The van der Waals surface area contributed by atoms with Gasteiger partial charge in [0.15, 0.2) is 5.78 Å². The molecule has 2 heterocycles. The molecule has 4 rings (SSSR count). The van der Waals surface area contributed by atoms with Crippen molar-refractivity contribution in [2.45, 2.75) is 38.1 Å². The van der Waals surface area contributed by atoms with Gasteiger partial charge in [0.05, 0.1) is 22.2 Å². The Balaban J connectivity index is 2.01. The van der Waals surface area contributed by atoms with Crippen LogP contribution in [0.15, 0.2) is 53.5 Å². The maximum atomic E-state index is 13.5. The summed E-state index contributed by atoms with van der Waals surface area (Å²) in [5, 5.41) is 9.41. The summed E-state index contributed by atoms with van der Waals surface area (Å²) in [6, 6.07) is 11.7. The number of likely N-dealkylation sites (tertiary alicyclic amines) is 1. The third-order valence-corrected chi connectivity index (χ3v) is 5.98. The summed E-state index contributed by atoms with van der Waals surface area (Å²) >= 11 is 0. The van der Waals surface area contributed by atoms with Crippen molar-refractivity contribution in [2.24, 2.45) is 4.99 Å². The van der Waals surface area contributed by atoms with Gasteiger partial charge in [0, 0.05) is 26.1 Å². The highest BCUT2D eigenvalue weighted by atomic mass is 19.4. The van der Waals surface area contributed by atoms with Crippen LogP contribution in [0.4, 0.5) is 13.2 Å². The van der Waals surface area contributed by atoms with Crippen molar-refractivity contribution in [3.63, 3.8) is 0 Å². The number of nitrogens with zero attached hydrogens (tertiary/aromatic N) is 4. The number of Topliss-reactive ketones (excluding diaryl/α,β-unsaturated/α-hetero) is 1. The molecule has 0 spiro atoms. The first kappa shape index (κ1) is 23.9. The van der Waals surface area contributed by atoms with Crippen LogP contribution in [0.3, 0.4) is 0 Å².